The van der Waals surface area contributed by atoms with Crippen molar-refractivity contribution in [2.24, 2.45) is 0 Å². The Bertz CT molecular complexity index is 923. The van der Waals surface area contributed by atoms with Crippen LogP contribution < -0.4 is 15.4 Å². The highest BCUT2D eigenvalue weighted by Crippen LogP contribution is 2.33. The molecular formula is C20H16Cl2N2O2S. The van der Waals surface area contributed by atoms with Crippen LogP contribution in [0.3, 0.4) is 0 Å². The summed E-state index contributed by atoms with van der Waals surface area (Å²) < 4.78 is 5.46. The molecule has 0 unspecified atom stereocenters. The summed E-state index contributed by atoms with van der Waals surface area (Å²) >= 11 is 13.5. The standard InChI is InChI=1S/C20H16Cl2N2O2S/c21-14-10-11-18(16(22)12-14)26-13-23-20(25)24-17-8-4-5-9-19(17)27-15-6-2-1-3-7-15/h1-12H,13H2,(H2,23,24,25). The van der Waals surface area contributed by atoms with Crippen LogP contribution in [0.4, 0.5) is 10.5 Å². The number of carbonyl (C=O) groups is 1. The lowest BCUT2D eigenvalue weighted by atomic mass is 10.3. The van der Waals surface area contributed by atoms with Gasteiger partial charge >= 0.3 is 6.03 Å². The van der Waals surface area contributed by atoms with Crippen LogP contribution in [0.15, 0.2) is 82.6 Å². The van der Waals surface area contributed by atoms with Gasteiger partial charge in [-0.1, -0.05) is 65.3 Å². The second kappa shape index (κ2) is 9.55. The molecule has 3 aromatic carbocycles. The summed E-state index contributed by atoms with van der Waals surface area (Å²) in [6.07, 6.45) is 0. The van der Waals surface area contributed by atoms with E-state index in [1.54, 1.807) is 30.0 Å². The minimum atomic E-state index is -0.374. The molecule has 2 N–H and O–H groups in total. The Kier molecular flexibility index (Phi) is 6.87. The van der Waals surface area contributed by atoms with E-state index in [4.69, 9.17) is 27.9 Å². The van der Waals surface area contributed by atoms with Gasteiger partial charge in [-0.25, -0.2) is 4.79 Å². The van der Waals surface area contributed by atoms with Crippen molar-refractivity contribution in [3.63, 3.8) is 0 Å². The molecule has 0 saturated heterocycles. The Morgan fingerprint density at radius 2 is 1.70 bits per heavy atom. The lowest BCUT2D eigenvalue weighted by Crippen LogP contribution is -2.32. The highest BCUT2D eigenvalue weighted by atomic mass is 35.5. The Morgan fingerprint density at radius 1 is 0.963 bits per heavy atom. The van der Waals surface area contributed by atoms with Crippen molar-refractivity contribution in [3.05, 3.63) is 82.8 Å². The van der Waals surface area contributed by atoms with E-state index >= 15 is 0 Å². The molecule has 138 valence electrons. The minimum absolute atomic E-state index is 0.0266. The number of anilines is 1. The van der Waals surface area contributed by atoms with E-state index in [-0.39, 0.29) is 12.8 Å². The summed E-state index contributed by atoms with van der Waals surface area (Å²) in [5.41, 5.74) is 0.716. The van der Waals surface area contributed by atoms with E-state index in [1.165, 1.54) is 0 Å². The number of rotatable bonds is 6. The number of ether oxygens (including phenoxy) is 1. The molecule has 0 spiro atoms. The molecule has 0 aliphatic carbocycles. The second-order valence-corrected chi connectivity index (χ2v) is 7.36. The number of para-hydroxylation sites is 1. The van der Waals surface area contributed by atoms with Crippen molar-refractivity contribution in [2.45, 2.75) is 9.79 Å². The average Bonchev–Trinajstić information content (AvgIpc) is 2.66. The Labute approximate surface area is 171 Å². The predicted molar refractivity (Wildman–Crippen MR) is 111 cm³/mol. The molecule has 2 amide bonds. The number of hydrogen-bond acceptors (Lipinski definition) is 3. The summed E-state index contributed by atoms with van der Waals surface area (Å²) in [5.74, 6) is 0.446. The molecule has 4 nitrogen and oxygen atoms in total. The van der Waals surface area contributed by atoms with Crippen molar-refractivity contribution < 1.29 is 9.53 Å². The zero-order valence-corrected chi connectivity index (χ0v) is 16.4. The minimum Gasteiger partial charge on any atom is -0.472 e. The van der Waals surface area contributed by atoms with Gasteiger partial charge in [-0.3, -0.25) is 0 Å². The van der Waals surface area contributed by atoms with Crippen LogP contribution in [-0.4, -0.2) is 12.8 Å². The third-order valence-corrected chi connectivity index (χ3v) is 5.07. The number of halogens is 2. The van der Waals surface area contributed by atoms with E-state index in [1.807, 2.05) is 54.6 Å². The van der Waals surface area contributed by atoms with E-state index in [0.29, 0.717) is 21.5 Å². The van der Waals surface area contributed by atoms with Crippen LogP contribution >= 0.6 is 35.0 Å². The van der Waals surface area contributed by atoms with Gasteiger partial charge in [0.05, 0.1) is 10.7 Å². The zero-order valence-electron chi connectivity index (χ0n) is 14.1. The summed E-state index contributed by atoms with van der Waals surface area (Å²) in [5, 5.41) is 6.38. The van der Waals surface area contributed by atoms with Crippen LogP contribution in [0.5, 0.6) is 5.75 Å². The second-order valence-electron chi connectivity index (χ2n) is 5.41. The van der Waals surface area contributed by atoms with Gasteiger partial charge in [0.1, 0.15) is 5.75 Å². The Hall–Kier alpha value is -2.34. The molecule has 3 rings (SSSR count). The van der Waals surface area contributed by atoms with Crippen molar-refractivity contribution >= 4 is 46.7 Å². The number of amides is 2. The number of urea groups is 1. The molecule has 3 aromatic rings. The molecule has 0 saturated carbocycles. The third kappa shape index (κ3) is 5.82. The highest BCUT2D eigenvalue weighted by Gasteiger charge is 2.08. The molecule has 0 fully saturated rings. The quantitative estimate of drug-likeness (QED) is 0.461. The van der Waals surface area contributed by atoms with Gasteiger partial charge in [0.15, 0.2) is 6.73 Å². The van der Waals surface area contributed by atoms with Crippen molar-refractivity contribution in [1.29, 1.82) is 0 Å². The fourth-order valence-corrected chi connectivity index (χ4v) is 3.60. The van der Waals surface area contributed by atoms with Crippen LogP contribution in [0.2, 0.25) is 10.0 Å². The van der Waals surface area contributed by atoms with Crippen LogP contribution in [0.25, 0.3) is 0 Å². The van der Waals surface area contributed by atoms with Crippen molar-refractivity contribution in [2.75, 3.05) is 12.0 Å². The number of carbonyl (C=O) groups excluding carboxylic acids is 1. The number of nitrogens with one attached hydrogen (secondary N) is 2. The zero-order chi connectivity index (χ0) is 19.1. The Morgan fingerprint density at radius 3 is 2.48 bits per heavy atom. The predicted octanol–water partition coefficient (Wildman–Crippen LogP) is 6.30. The first-order valence-corrected chi connectivity index (χ1v) is 9.64. The average molecular weight is 419 g/mol. The summed E-state index contributed by atoms with van der Waals surface area (Å²) in [6.45, 7) is -0.0266. The first kappa shape index (κ1) is 19.4. The van der Waals surface area contributed by atoms with Gasteiger partial charge in [0.2, 0.25) is 0 Å². The Balaban J connectivity index is 1.56. The van der Waals surface area contributed by atoms with Gasteiger partial charge < -0.3 is 15.4 Å². The van der Waals surface area contributed by atoms with E-state index < -0.39 is 0 Å². The SMILES string of the molecule is O=C(NCOc1ccc(Cl)cc1Cl)Nc1ccccc1Sc1ccccc1. The maximum atomic E-state index is 12.2. The first-order valence-electron chi connectivity index (χ1n) is 8.06. The summed E-state index contributed by atoms with van der Waals surface area (Å²) in [7, 11) is 0. The van der Waals surface area contributed by atoms with Crippen molar-refractivity contribution in [1.82, 2.24) is 5.32 Å². The molecule has 0 aliphatic rings. The maximum Gasteiger partial charge on any atom is 0.321 e. The lowest BCUT2D eigenvalue weighted by Gasteiger charge is -2.13. The molecule has 0 atom stereocenters. The largest absolute Gasteiger partial charge is 0.472 e. The van der Waals surface area contributed by atoms with Gasteiger partial charge in [0.25, 0.3) is 0 Å². The first-order chi connectivity index (χ1) is 13.1. The highest BCUT2D eigenvalue weighted by molar-refractivity contribution is 7.99. The normalized spacial score (nSPS) is 10.3. The third-order valence-electron chi connectivity index (χ3n) is 3.46. The molecule has 0 aliphatic heterocycles. The van der Waals surface area contributed by atoms with Crippen LogP contribution in [0.1, 0.15) is 0 Å². The van der Waals surface area contributed by atoms with Crippen molar-refractivity contribution in [3.8, 4) is 5.75 Å². The number of hydrogen-bond donors (Lipinski definition) is 2. The fourth-order valence-electron chi connectivity index (χ4n) is 2.21. The molecule has 0 bridgehead atoms. The molecule has 7 heteroatoms. The van der Waals surface area contributed by atoms with Gasteiger partial charge in [-0.2, -0.15) is 0 Å². The topological polar surface area (TPSA) is 50.4 Å². The van der Waals surface area contributed by atoms with Gasteiger partial charge in [-0.05, 0) is 42.5 Å². The molecule has 0 radical (unpaired) electrons. The van der Waals surface area contributed by atoms with E-state index in [9.17, 15) is 4.79 Å². The van der Waals surface area contributed by atoms with Crippen LogP contribution in [0, 0.1) is 0 Å². The molecular weight excluding hydrogens is 403 g/mol. The van der Waals surface area contributed by atoms with E-state index in [2.05, 4.69) is 10.6 Å². The smallest absolute Gasteiger partial charge is 0.321 e. The molecule has 27 heavy (non-hydrogen) atoms. The molecule has 0 aromatic heterocycles. The van der Waals surface area contributed by atoms with Gasteiger partial charge in [-0.15, -0.1) is 0 Å². The fraction of sp³-hybridized carbons (Fsp3) is 0.0500. The summed E-state index contributed by atoms with van der Waals surface area (Å²) in [4.78, 5) is 14.2. The summed E-state index contributed by atoms with van der Waals surface area (Å²) in [6, 6.07) is 22.1. The number of benzene rings is 3. The van der Waals surface area contributed by atoms with Gasteiger partial charge in [0, 0.05) is 14.8 Å². The van der Waals surface area contributed by atoms with E-state index in [0.717, 1.165) is 9.79 Å². The lowest BCUT2D eigenvalue weighted by molar-refractivity contribution is 0.234. The maximum absolute atomic E-state index is 12.2. The van der Waals surface area contributed by atoms with Crippen LogP contribution in [-0.2, 0) is 0 Å². The monoisotopic (exact) mass is 418 g/mol. The molecule has 0 heterocycles.